The van der Waals surface area contributed by atoms with E-state index in [-0.39, 0.29) is 5.92 Å². The van der Waals surface area contributed by atoms with E-state index in [1.54, 1.807) is 21.1 Å². The van der Waals surface area contributed by atoms with Crippen molar-refractivity contribution in [2.75, 3.05) is 14.2 Å². The van der Waals surface area contributed by atoms with E-state index in [0.717, 1.165) is 22.6 Å². The van der Waals surface area contributed by atoms with E-state index in [0.29, 0.717) is 5.71 Å². The predicted octanol–water partition coefficient (Wildman–Crippen LogP) is 2.97. The Kier molecular flexibility index (Phi) is 4.37. The van der Waals surface area contributed by atoms with E-state index in [1.807, 2.05) is 26.0 Å². The molecule has 0 radical (unpaired) electrons. The highest BCUT2D eigenvalue weighted by atomic mass is 16.5. The molecule has 0 aliphatic carbocycles. The summed E-state index contributed by atoms with van der Waals surface area (Å²) in [6.45, 7) is 5.70. The predicted molar refractivity (Wildman–Crippen MR) is 67.6 cm³/mol. The number of methoxy groups -OCH3 is 2. The number of rotatable bonds is 4. The van der Waals surface area contributed by atoms with Gasteiger partial charge in [-0.2, -0.15) is 0 Å². The molecule has 1 atom stereocenters. The Bertz CT molecular complexity index is 427. The topological polar surface area (TPSA) is 51.0 Å². The third-order valence-electron chi connectivity index (χ3n) is 3.00. The maximum Gasteiger partial charge on any atom is 0.123 e. The first-order valence-corrected chi connectivity index (χ1v) is 5.46. The summed E-state index contributed by atoms with van der Waals surface area (Å²) in [7, 11) is 3.26. The number of ether oxygens (including phenoxy) is 2. The van der Waals surface area contributed by atoms with Gasteiger partial charge < -0.3 is 14.7 Å². The molecule has 4 nitrogen and oxygen atoms in total. The van der Waals surface area contributed by atoms with Gasteiger partial charge in [-0.3, -0.25) is 0 Å². The van der Waals surface area contributed by atoms with Crippen LogP contribution in [0, 0.1) is 6.92 Å². The zero-order valence-corrected chi connectivity index (χ0v) is 10.9. The lowest BCUT2D eigenvalue weighted by molar-refractivity contribution is 0.316. The number of aryl methyl sites for hydroxylation is 1. The quantitative estimate of drug-likeness (QED) is 0.497. The number of oxime groups is 1. The second-order valence-electron chi connectivity index (χ2n) is 4.03. The van der Waals surface area contributed by atoms with Crippen LogP contribution >= 0.6 is 0 Å². The van der Waals surface area contributed by atoms with Crippen molar-refractivity contribution in [3.05, 3.63) is 23.3 Å². The number of nitrogens with zero attached hydrogens (tertiary/aromatic N) is 1. The van der Waals surface area contributed by atoms with Crippen LogP contribution in [0.25, 0.3) is 0 Å². The van der Waals surface area contributed by atoms with Gasteiger partial charge in [0.2, 0.25) is 0 Å². The second-order valence-corrected chi connectivity index (χ2v) is 4.03. The summed E-state index contributed by atoms with van der Waals surface area (Å²) >= 11 is 0. The molecule has 1 rings (SSSR count). The van der Waals surface area contributed by atoms with Crippen LogP contribution in [0.1, 0.15) is 30.9 Å². The molecule has 1 aromatic carbocycles. The summed E-state index contributed by atoms with van der Waals surface area (Å²) in [6.07, 6.45) is 0. The van der Waals surface area contributed by atoms with Gasteiger partial charge in [-0.25, -0.2) is 0 Å². The first-order valence-electron chi connectivity index (χ1n) is 5.46. The molecule has 1 aromatic rings. The van der Waals surface area contributed by atoms with Crippen molar-refractivity contribution in [3.63, 3.8) is 0 Å². The van der Waals surface area contributed by atoms with Gasteiger partial charge in [-0.05, 0) is 31.5 Å². The fourth-order valence-corrected chi connectivity index (χ4v) is 1.72. The largest absolute Gasteiger partial charge is 0.496 e. The molecule has 4 heteroatoms. The number of hydrogen-bond donors (Lipinski definition) is 1. The maximum atomic E-state index is 8.83. The molecular weight excluding hydrogens is 218 g/mol. The highest BCUT2D eigenvalue weighted by Gasteiger charge is 2.17. The standard InChI is InChI=1S/C13H19NO3/c1-8-6-13(17-5)11(7-12(8)16-4)9(2)10(3)14-15/h6-7,9,15H,1-5H3/b14-10-/t9-/m1/s1. The minimum atomic E-state index is -0.0237. The van der Waals surface area contributed by atoms with Crippen molar-refractivity contribution < 1.29 is 14.7 Å². The summed E-state index contributed by atoms with van der Waals surface area (Å²) < 4.78 is 10.6. The number of benzene rings is 1. The van der Waals surface area contributed by atoms with Crippen LogP contribution in [0.4, 0.5) is 0 Å². The molecule has 0 heterocycles. The van der Waals surface area contributed by atoms with Gasteiger partial charge in [0.1, 0.15) is 11.5 Å². The van der Waals surface area contributed by atoms with E-state index in [1.165, 1.54) is 0 Å². The Balaban J connectivity index is 3.30. The lowest BCUT2D eigenvalue weighted by atomic mass is 9.94. The minimum absolute atomic E-state index is 0.0237. The summed E-state index contributed by atoms with van der Waals surface area (Å²) in [5.74, 6) is 1.56. The summed E-state index contributed by atoms with van der Waals surface area (Å²) in [6, 6.07) is 3.85. The van der Waals surface area contributed by atoms with Crippen LogP contribution in [0.5, 0.6) is 11.5 Å². The molecular formula is C13H19NO3. The fourth-order valence-electron chi connectivity index (χ4n) is 1.72. The molecule has 0 saturated carbocycles. The van der Waals surface area contributed by atoms with Crippen LogP contribution in [0.3, 0.4) is 0 Å². The first kappa shape index (κ1) is 13.4. The third kappa shape index (κ3) is 2.70. The average molecular weight is 237 g/mol. The third-order valence-corrected chi connectivity index (χ3v) is 3.00. The normalized spacial score (nSPS) is 13.4. The van der Waals surface area contributed by atoms with Crippen molar-refractivity contribution in [1.82, 2.24) is 0 Å². The smallest absolute Gasteiger partial charge is 0.123 e. The van der Waals surface area contributed by atoms with Crippen molar-refractivity contribution in [2.24, 2.45) is 5.16 Å². The Morgan fingerprint density at radius 3 is 2.29 bits per heavy atom. The van der Waals surface area contributed by atoms with Crippen molar-refractivity contribution >= 4 is 5.71 Å². The van der Waals surface area contributed by atoms with E-state index < -0.39 is 0 Å². The van der Waals surface area contributed by atoms with E-state index in [9.17, 15) is 0 Å². The maximum absolute atomic E-state index is 8.83. The zero-order valence-electron chi connectivity index (χ0n) is 10.9. The summed E-state index contributed by atoms with van der Waals surface area (Å²) in [5.41, 5.74) is 2.60. The van der Waals surface area contributed by atoms with Gasteiger partial charge in [-0.15, -0.1) is 0 Å². The van der Waals surface area contributed by atoms with Gasteiger partial charge in [-0.1, -0.05) is 12.1 Å². The lowest BCUT2D eigenvalue weighted by Crippen LogP contribution is -2.07. The van der Waals surface area contributed by atoms with E-state index in [2.05, 4.69) is 5.16 Å². The number of hydrogen-bond acceptors (Lipinski definition) is 4. The lowest BCUT2D eigenvalue weighted by Gasteiger charge is -2.17. The Morgan fingerprint density at radius 2 is 1.82 bits per heavy atom. The molecule has 94 valence electrons. The van der Waals surface area contributed by atoms with Crippen LogP contribution in [0.2, 0.25) is 0 Å². The van der Waals surface area contributed by atoms with Gasteiger partial charge in [0.15, 0.2) is 0 Å². The summed E-state index contributed by atoms with van der Waals surface area (Å²) in [5, 5.41) is 12.1. The molecule has 0 unspecified atom stereocenters. The van der Waals surface area contributed by atoms with Crippen molar-refractivity contribution in [2.45, 2.75) is 26.7 Å². The molecule has 0 amide bonds. The van der Waals surface area contributed by atoms with Crippen LogP contribution in [0.15, 0.2) is 17.3 Å². The molecule has 0 spiro atoms. The van der Waals surface area contributed by atoms with E-state index in [4.69, 9.17) is 14.7 Å². The highest BCUT2D eigenvalue weighted by Crippen LogP contribution is 2.33. The molecule has 0 aromatic heterocycles. The second kappa shape index (κ2) is 5.57. The van der Waals surface area contributed by atoms with Gasteiger partial charge in [0, 0.05) is 11.5 Å². The SMILES string of the molecule is COc1cc([C@H](C)/C(C)=N\O)c(OC)cc1C. The monoisotopic (exact) mass is 237 g/mol. The average Bonchev–Trinajstić information content (AvgIpc) is 2.36. The Morgan fingerprint density at radius 1 is 1.24 bits per heavy atom. The fraction of sp³-hybridized carbons (Fsp3) is 0.462. The van der Waals surface area contributed by atoms with E-state index >= 15 is 0 Å². The molecule has 17 heavy (non-hydrogen) atoms. The molecule has 0 aliphatic rings. The molecule has 0 saturated heterocycles. The van der Waals surface area contributed by atoms with Crippen molar-refractivity contribution in [1.29, 1.82) is 0 Å². The van der Waals surface area contributed by atoms with Crippen LogP contribution < -0.4 is 9.47 Å². The van der Waals surface area contributed by atoms with Crippen LogP contribution in [-0.4, -0.2) is 25.1 Å². The molecule has 0 fully saturated rings. The van der Waals surface area contributed by atoms with Gasteiger partial charge >= 0.3 is 0 Å². The zero-order chi connectivity index (χ0) is 13.0. The van der Waals surface area contributed by atoms with Gasteiger partial charge in [0.05, 0.1) is 19.9 Å². The first-order chi connectivity index (χ1) is 8.04. The Hall–Kier alpha value is -1.71. The van der Waals surface area contributed by atoms with Crippen molar-refractivity contribution in [3.8, 4) is 11.5 Å². The minimum Gasteiger partial charge on any atom is -0.496 e. The molecule has 0 bridgehead atoms. The Labute approximate surface area is 102 Å². The van der Waals surface area contributed by atoms with Crippen LogP contribution in [-0.2, 0) is 0 Å². The highest BCUT2D eigenvalue weighted by molar-refractivity contribution is 5.88. The summed E-state index contributed by atoms with van der Waals surface area (Å²) in [4.78, 5) is 0. The molecule has 1 N–H and O–H groups in total. The van der Waals surface area contributed by atoms with Gasteiger partial charge in [0.25, 0.3) is 0 Å². The molecule has 0 aliphatic heterocycles.